The maximum atomic E-state index is 12.6. The molecular formula is C11H12F9NO2. The van der Waals surface area contributed by atoms with E-state index in [-0.39, 0.29) is 18.2 Å². The van der Waals surface area contributed by atoms with E-state index >= 15 is 0 Å². The highest BCUT2D eigenvalue weighted by Crippen LogP contribution is 2.52. The molecule has 1 rings (SSSR count). The number of rotatable bonds is 2. The van der Waals surface area contributed by atoms with Crippen LogP contribution in [0.15, 0.2) is 0 Å². The number of hydrogen-bond donors (Lipinski definition) is 1. The third-order valence-electron chi connectivity index (χ3n) is 3.39. The molecule has 0 atom stereocenters. The first-order valence-electron chi connectivity index (χ1n) is 6.41. The first kappa shape index (κ1) is 19.7. The molecule has 1 saturated carbocycles. The molecular weight excluding hydrogens is 349 g/mol. The first-order chi connectivity index (χ1) is 10.2. The summed E-state index contributed by atoms with van der Waals surface area (Å²) in [4.78, 5) is 11.2. The Hall–Kier alpha value is -1.36. The van der Waals surface area contributed by atoms with Crippen LogP contribution < -0.4 is 5.32 Å². The summed E-state index contributed by atoms with van der Waals surface area (Å²) < 4.78 is 118. The standard InChI is InChI=1S/C11H12F9NO2/c12-9(13,14)8(10(15,16)17,11(18,19)20)21-7(22)23-6-4-2-1-3-5-6/h6H,1-5H2,(H,21,22). The Balaban J connectivity index is 3.08. The number of alkyl halides is 9. The summed E-state index contributed by atoms with van der Waals surface area (Å²) in [6, 6.07) is 0. The Bertz CT molecular complexity index is 385. The van der Waals surface area contributed by atoms with Gasteiger partial charge in [-0.2, -0.15) is 39.5 Å². The van der Waals surface area contributed by atoms with Gasteiger partial charge in [-0.25, -0.2) is 4.79 Å². The van der Waals surface area contributed by atoms with Gasteiger partial charge >= 0.3 is 30.2 Å². The Morgan fingerprint density at radius 1 is 0.783 bits per heavy atom. The number of carbonyl (C=O) groups is 1. The topological polar surface area (TPSA) is 38.3 Å². The molecule has 0 spiro atoms. The quantitative estimate of drug-likeness (QED) is 0.737. The maximum absolute atomic E-state index is 12.6. The average Bonchev–Trinajstić information content (AvgIpc) is 2.32. The van der Waals surface area contributed by atoms with Crippen LogP contribution >= 0.6 is 0 Å². The minimum atomic E-state index is -6.85. The molecule has 12 heteroatoms. The third kappa shape index (κ3) is 3.94. The lowest BCUT2D eigenvalue weighted by Gasteiger charge is -2.38. The molecule has 1 fully saturated rings. The van der Waals surface area contributed by atoms with E-state index in [0.717, 1.165) is 6.42 Å². The van der Waals surface area contributed by atoms with Gasteiger partial charge in [0.15, 0.2) is 0 Å². The van der Waals surface area contributed by atoms with Gasteiger partial charge in [-0.1, -0.05) is 6.42 Å². The number of amides is 1. The molecule has 0 saturated heterocycles. The summed E-state index contributed by atoms with van der Waals surface area (Å²) in [7, 11) is 0. The lowest BCUT2D eigenvalue weighted by Crippen LogP contribution is -2.75. The predicted molar refractivity (Wildman–Crippen MR) is 57.4 cm³/mol. The number of carbonyl (C=O) groups excluding carboxylic acids is 1. The van der Waals surface area contributed by atoms with Gasteiger partial charge in [0.2, 0.25) is 0 Å². The molecule has 0 heterocycles. The summed E-state index contributed by atoms with van der Waals surface area (Å²) in [5.74, 6) is 0. The summed E-state index contributed by atoms with van der Waals surface area (Å²) in [6.45, 7) is 0. The van der Waals surface area contributed by atoms with Crippen LogP contribution in [-0.4, -0.2) is 36.3 Å². The number of hydrogen-bond acceptors (Lipinski definition) is 2. The smallest absolute Gasteiger partial charge is 0.429 e. The Morgan fingerprint density at radius 2 is 1.17 bits per heavy atom. The Kier molecular flexibility index (Phi) is 5.36. The number of alkyl carbamates (subject to hydrolysis) is 1. The monoisotopic (exact) mass is 361 g/mol. The highest BCUT2D eigenvalue weighted by molar-refractivity contribution is 5.69. The van der Waals surface area contributed by atoms with Gasteiger partial charge in [-0.3, -0.25) is 5.32 Å². The Labute approximate surface area is 124 Å². The van der Waals surface area contributed by atoms with Crippen molar-refractivity contribution < 1.29 is 49.0 Å². The summed E-state index contributed by atoms with van der Waals surface area (Å²) in [5.41, 5.74) is -6.39. The van der Waals surface area contributed by atoms with E-state index in [0.29, 0.717) is 12.8 Å². The molecule has 0 aromatic carbocycles. The van der Waals surface area contributed by atoms with Gasteiger partial charge < -0.3 is 4.74 Å². The molecule has 0 aliphatic heterocycles. The largest absolute Gasteiger partial charge is 0.446 e. The fraction of sp³-hybridized carbons (Fsp3) is 0.909. The summed E-state index contributed by atoms with van der Waals surface area (Å²) in [5, 5.41) is -0.0385. The van der Waals surface area contributed by atoms with Crippen LogP contribution in [0, 0.1) is 0 Å². The van der Waals surface area contributed by atoms with E-state index in [2.05, 4.69) is 4.74 Å². The zero-order chi connectivity index (χ0) is 18.1. The van der Waals surface area contributed by atoms with E-state index in [4.69, 9.17) is 0 Å². The van der Waals surface area contributed by atoms with E-state index < -0.39 is 36.3 Å². The summed E-state index contributed by atoms with van der Waals surface area (Å²) in [6.07, 6.45) is -21.9. The van der Waals surface area contributed by atoms with Crippen LogP contribution in [0.5, 0.6) is 0 Å². The normalized spacial score (nSPS) is 18.7. The highest BCUT2D eigenvalue weighted by atomic mass is 19.4. The third-order valence-corrected chi connectivity index (χ3v) is 3.39. The molecule has 1 aliphatic carbocycles. The van der Waals surface area contributed by atoms with E-state index in [1.807, 2.05) is 0 Å². The van der Waals surface area contributed by atoms with Gasteiger partial charge in [0.25, 0.3) is 0 Å². The van der Waals surface area contributed by atoms with Crippen molar-refractivity contribution in [3.05, 3.63) is 0 Å². The van der Waals surface area contributed by atoms with Crippen molar-refractivity contribution >= 4 is 6.09 Å². The fourth-order valence-electron chi connectivity index (χ4n) is 2.21. The van der Waals surface area contributed by atoms with Crippen LogP contribution in [0.3, 0.4) is 0 Å². The van der Waals surface area contributed by atoms with Gasteiger partial charge in [-0.15, -0.1) is 0 Å². The number of nitrogens with one attached hydrogen (secondary N) is 1. The van der Waals surface area contributed by atoms with Crippen molar-refractivity contribution in [1.29, 1.82) is 0 Å². The molecule has 0 aromatic heterocycles. The molecule has 1 aliphatic rings. The van der Waals surface area contributed by atoms with Crippen molar-refractivity contribution in [2.45, 2.75) is 62.3 Å². The first-order valence-corrected chi connectivity index (χ1v) is 6.41. The van der Waals surface area contributed by atoms with Crippen molar-refractivity contribution in [3.63, 3.8) is 0 Å². The number of halogens is 9. The van der Waals surface area contributed by atoms with Crippen LogP contribution in [-0.2, 0) is 4.74 Å². The molecule has 0 unspecified atom stereocenters. The second-order valence-electron chi connectivity index (χ2n) is 5.03. The minimum Gasteiger partial charge on any atom is -0.446 e. The van der Waals surface area contributed by atoms with E-state index in [9.17, 15) is 44.3 Å². The SMILES string of the molecule is O=C(NC(C(F)(F)F)(C(F)(F)F)C(F)(F)F)OC1CCCCC1. The zero-order valence-corrected chi connectivity index (χ0v) is 11.3. The van der Waals surface area contributed by atoms with Crippen molar-refractivity contribution in [2.75, 3.05) is 0 Å². The molecule has 3 nitrogen and oxygen atoms in total. The van der Waals surface area contributed by atoms with Gasteiger partial charge in [0.1, 0.15) is 6.10 Å². The minimum absolute atomic E-state index is 0.0385. The second-order valence-corrected chi connectivity index (χ2v) is 5.03. The molecule has 136 valence electrons. The molecule has 0 bridgehead atoms. The Morgan fingerprint density at radius 3 is 1.52 bits per heavy atom. The van der Waals surface area contributed by atoms with Crippen LogP contribution in [0.1, 0.15) is 32.1 Å². The lowest BCUT2D eigenvalue weighted by atomic mass is 9.97. The predicted octanol–water partition coefficient (Wildman–Crippen LogP) is 4.47. The highest BCUT2D eigenvalue weighted by Gasteiger charge is 2.85. The fourth-order valence-corrected chi connectivity index (χ4v) is 2.21. The molecule has 23 heavy (non-hydrogen) atoms. The van der Waals surface area contributed by atoms with Crippen molar-refractivity contribution in [3.8, 4) is 0 Å². The molecule has 1 amide bonds. The van der Waals surface area contributed by atoms with Crippen molar-refractivity contribution in [2.24, 2.45) is 0 Å². The summed E-state index contributed by atoms with van der Waals surface area (Å²) >= 11 is 0. The van der Waals surface area contributed by atoms with Crippen LogP contribution in [0.2, 0.25) is 0 Å². The molecule has 1 N–H and O–H groups in total. The lowest BCUT2D eigenvalue weighted by molar-refractivity contribution is -0.387. The van der Waals surface area contributed by atoms with Gasteiger partial charge in [-0.05, 0) is 25.7 Å². The second kappa shape index (κ2) is 6.27. The van der Waals surface area contributed by atoms with Crippen molar-refractivity contribution in [1.82, 2.24) is 5.32 Å². The average molecular weight is 361 g/mol. The van der Waals surface area contributed by atoms with Gasteiger partial charge in [0.05, 0.1) is 0 Å². The van der Waals surface area contributed by atoms with Gasteiger partial charge in [0, 0.05) is 0 Å². The van der Waals surface area contributed by atoms with Crippen LogP contribution in [0.4, 0.5) is 44.3 Å². The molecule has 0 radical (unpaired) electrons. The number of ether oxygens (including phenoxy) is 1. The maximum Gasteiger partial charge on any atom is 0.429 e. The van der Waals surface area contributed by atoms with E-state index in [1.165, 1.54) is 0 Å². The molecule has 0 aromatic rings. The zero-order valence-electron chi connectivity index (χ0n) is 11.3. The van der Waals surface area contributed by atoms with E-state index in [1.54, 1.807) is 0 Å². The van der Waals surface area contributed by atoms with Crippen LogP contribution in [0.25, 0.3) is 0 Å².